The largest absolute Gasteiger partial charge is 0.508 e. The summed E-state index contributed by atoms with van der Waals surface area (Å²) in [5.41, 5.74) is 1.59. The first-order valence-corrected chi connectivity index (χ1v) is 8.21. The predicted molar refractivity (Wildman–Crippen MR) is 95.5 cm³/mol. The maximum atomic E-state index is 12.0. The van der Waals surface area contributed by atoms with Crippen molar-refractivity contribution in [1.29, 1.82) is 0 Å². The number of phenolic OH excluding ortho intramolecular Hbond substituents is 1. The topological polar surface area (TPSA) is 92.7 Å². The Morgan fingerprint density at radius 1 is 1.00 bits per heavy atom. The summed E-state index contributed by atoms with van der Waals surface area (Å²) in [6, 6.07) is 14.8. The Morgan fingerprint density at radius 3 is 2.27 bits per heavy atom. The second-order valence-corrected chi connectivity index (χ2v) is 5.92. The van der Waals surface area contributed by atoms with Gasteiger partial charge in [0.15, 0.2) is 12.4 Å². The van der Waals surface area contributed by atoms with E-state index in [4.69, 9.17) is 4.74 Å². The van der Waals surface area contributed by atoms with Crippen LogP contribution in [0.4, 0.5) is 0 Å². The predicted octanol–water partition coefficient (Wildman–Crippen LogP) is 1.79. The van der Waals surface area contributed by atoms with Gasteiger partial charge in [-0.2, -0.15) is 0 Å². The van der Waals surface area contributed by atoms with Gasteiger partial charge in [-0.1, -0.05) is 42.5 Å². The van der Waals surface area contributed by atoms with E-state index in [0.717, 1.165) is 5.56 Å². The van der Waals surface area contributed by atoms with Gasteiger partial charge in [-0.05, 0) is 36.6 Å². The minimum atomic E-state index is -0.666. The maximum Gasteiger partial charge on any atom is 0.310 e. The number of esters is 1. The van der Waals surface area contributed by atoms with Crippen LogP contribution in [0.25, 0.3) is 0 Å². The molecule has 2 N–H and O–H groups in total. The third-order valence-corrected chi connectivity index (χ3v) is 3.76. The van der Waals surface area contributed by atoms with Gasteiger partial charge >= 0.3 is 5.97 Å². The number of hydrogen-bond acceptors (Lipinski definition) is 5. The summed E-state index contributed by atoms with van der Waals surface area (Å²) in [5.74, 6) is -1.15. The van der Waals surface area contributed by atoms with Crippen molar-refractivity contribution in [2.45, 2.75) is 25.8 Å². The van der Waals surface area contributed by atoms with E-state index in [1.807, 2.05) is 30.3 Å². The van der Waals surface area contributed by atoms with Gasteiger partial charge in [0.05, 0.1) is 12.5 Å². The number of hydrogen-bond donors (Lipinski definition) is 2. The monoisotopic (exact) mass is 355 g/mol. The summed E-state index contributed by atoms with van der Waals surface area (Å²) in [6.45, 7) is 0.959. The molecule has 2 rings (SSSR count). The zero-order valence-electron chi connectivity index (χ0n) is 14.5. The summed E-state index contributed by atoms with van der Waals surface area (Å²) in [7, 11) is 0. The summed E-state index contributed by atoms with van der Waals surface area (Å²) >= 11 is 0. The van der Waals surface area contributed by atoms with Crippen molar-refractivity contribution in [2.75, 3.05) is 6.61 Å². The van der Waals surface area contributed by atoms with Crippen LogP contribution in [-0.2, 0) is 32.0 Å². The highest BCUT2D eigenvalue weighted by atomic mass is 16.5. The van der Waals surface area contributed by atoms with E-state index in [1.54, 1.807) is 12.1 Å². The Bertz CT molecular complexity index is 756. The molecule has 6 nitrogen and oxygen atoms in total. The van der Waals surface area contributed by atoms with E-state index < -0.39 is 24.5 Å². The lowest BCUT2D eigenvalue weighted by Gasteiger charge is -2.16. The molecule has 2 aromatic carbocycles. The van der Waals surface area contributed by atoms with Crippen molar-refractivity contribution in [3.05, 3.63) is 65.7 Å². The molecule has 26 heavy (non-hydrogen) atoms. The Kier molecular flexibility index (Phi) is 6.91. The summed E-state index contributed by atoms with van der Waals surface area (Å²) in [5, 5.41) is 11.8. The fourth-order valence-corrected chi connectivity index (χ4v) is 2.36. The van der Waals surface area contributed by atoms with Gasteiger partial charge in [0.25, 0.3) is 5.91 Å². The lowest BCUT2D eigenvalue weighted by atomic mass is 10.0. The average Bonchev–Trinajstić information content (AvgIpc) is 2.62. The molecule has 0 spiro atoms. The molecule has 136 valence electrons. The highest BCUT2D eigenvalue weighted by Gasteiger charge is 2.18. The van der Waals surface area contributed by atoms with Gasteiger partial charge in [-0.15, -0.1) is 0 Å². The molecule has 0 aliphatic carbocycles. The van der Waals surface area contributed by atoms with E-state index in [2.05, 4.69) is 5.32 Å². The molecule has 6 heteroatoms. The zero-order chi connectivity index (χ0) is 18.9. The molecular weight excluding hydrogens is 334 g/mol. The van der Waals surface area contributed by atoms with E-state index >= 15 is 0 Å². The Morgan fingerprint density at radius 2 is 1.65 bits per heavy atom. The quantitative estimate of drug-likeness (QED) is 0.705. The number of aromatic hydroxyl groups is 1. The first kappa shape index (κ1) is 19.2. The Labute approximate surface area is 151 Å². The highest BCUT2D eigenvalue weighted by molar-refractivity contribution is 5.89. The fourth-order valence-electron chi connectivity index (χ4n) is 2.36. The molecule has 0 heterocycles. The van der Waals surface area contributed by atoms with E-state index in [1.165, 1.54) is 19.1 Å². The molecule has 0 aliphatic heterocycles. The van der Waals surface area contributed by atoms with Crippen LogP contribution < -0.4 is 5.32 Å². The molecule has 0 saturated carbocycles. The lowest BCUT2D eigenvalue weighted by molar-refractivity contribution is -0.148. The van der Waals surface area contributed by atoms with Crippen molar-refractivity contribution < 1.29 is 24.2 Å². The van der Waals surface area contributed by atoms with Crippen LogP contribution in [-0.4, -0.2) is 35.4 Å². The van der Waals surface area contributed by atoms with Crippen LogP contribution in [0.15, 0.2) is 54.6 Å². The SMILES string of the molecule is CC(=O)[C@H](Cc1ccccc1)NC(=O)COC(=O)Cc1ccc(O)cc1. The minimum absolute atomic E-state index is 0.00624. The van der Waals surface area contributed by atoms with Crippen molar-refractivity contribution >= 4 is 17.7 Å². The van der Waals surface area contributed by atoms with Crippen LogP contribution >= 0.6 is 0 Å². The number of Topliss-reactive ketones (excluding diaryl/α,β-unsaturated/α-hetero) is 1. The Hall–Kier alpha value is -3.15. The number of phenols is 1. The number of amides is 1. The second-order valence-electron chi connectivity index (χ2n) is 5.92. The lowest BCUT2D eigenvalue weighted by Crippen LogP contribution is -2.43. The fraction of sp³-hybridized carbons (Fsp3) is 0.250. The highest BCUT2D eigenvalue weighted by Crippen LogP contribution is 2.10. The minimum Gasteiger partial charge on any atom is -0.508 e. The van der Waals surface area contributed by atoms with Gasteiger partial charge in [0, 0.05) is 0 Å². The normalized spacial score (nSPS) is 11.4. The van der Waals surface area contributed by atoms with Gasteiger partial charge in [-0.3, -0.25) is 14.4 Å². The molecule has 0 bridgehead atoms. The molecule has 0 fully saturated rings. The first-order chi connectivity index (χ1) is 12.4. The van der Waals surface area contributed by atoms with Crippen LogP contribution in [0.1, 0.15) is 18.1 Å². The van der Waals surface area contributed by atoms with E-state index in [9.17, 15) is 19.5 Å². The number of carbonyl (C=O) groups excluding carboxylic acids is 3. The molecule has 0 saturated heterocycles. The number of nitrogens with one attached hydrogen (secondary N) is 1. The van der Waals surface area contributed by atoms with Crippen molar-refractivity contribution in [2.24, 2.45) is 0 Å². The second kappa shape index (κ2) is 9.36. The van der Waals surface area contributed by atoms with Crippen LogP contribution in [0.3, 0.4) is 0 Å². The summed E-state index contributed by atoms with van der Waals surface area (Å²) < 4.78 is 4.94. The third kappa shape index (κ3) is 6.39. The molecular formula is C20H21NO5. The van der Waals surface area contributed by atoms with Crippen LogP contribution in [0.2, 0.25) is 0 Å². The maximum absolute atomic E-state index is 12.0. The summed E-state index contributed by atoms with van der Waals surface area (Å²) in [6.07, 6.45) is 0.372. The van der Waals surface area contributed by atoms with Crippen molar-refractivity contribution in [1.82, 2.24) is 5.32 Å². The smallest absolute Gasteiger partial charge is 0.310 e. The molecule has 0 unspecified atom stereocenters. The summed E-state index contributed by atoms with van der Waals surface area (Å²) in [4.78, 5) is 35.5. The molecule has 1 amide bonds. The number of ketones is 1. The number of carbonyl (C=O) groups is 3. The molecule has 0 aromatic heterocycles. The van der Waals surface area contributed by atoms with Gasteiger partial charge in [0.1, 0.15) is 5.75 Å². The van der Waals surface area contributed by atoms with Gasteiger partial charge in [0.2, 0.25) is 0 Å². The zero-order valence-corrected chi connectivity index (χ0v) is 14.5. The molecule has 2 aromatic rings. The van der Waals surface area contributed by atoms with E-state index in [0.29, 0.717) is 12.0 Å². The molecule has 0 radical (unpaired) electrons. The van der Waals surface area contributed by atoms with Crippen molar-refractivity contribution in [3.8, 4) is 5.75 Å². The number of rotatable bonds is 8. The molecule has 0 aliphatic rings. The Balaban J connectivity index is 1.81. The van der Waals surface area contributed by atoms with Crippen LogP contribution in [0, 0.1) is 0 Å². The van der Waals surface area contributed by atoms with Gasteiger partial charge < -0.3 is 15.2 Å². The number of benzene rings is 2. The van der Waals surface area contributed by atoms with Gasteiger partial charge in [-0.25, -0.2) is 0 Å². The standard InChI is InChI=1S/C20H21NO5/c1-14(22)18(11-15-5-3-2-4-6-15)21-19(24)13-26-20(25)12-16-7-9-17(23)10-8-16/h2-10,18,23H,11-13H2,1H3,(H,21,24)/t18-/m0/s1. The van der Waals surface area contributed by atoms with E-state index in [-0.39, 0.29) is 18.0 Å². The first-order valence-electron chi connectivity index (χ1n) is 8.21. The van der Waals surface area contributed by atoms with Crippen LogP contribution in [0.5, 0.6) is 5.75 Å². The average molecular weight is 355 g/mol. The third-order valence-electron chi connectivity index (χ3n) is 3.76. The molecule has 1 atom stereocenters. The number of ether oxygens (including phenoxy) is 1. The van der Waals surface area contributed by atoms with Crippen molar-refractivity contribution in [3.63, 3.8) is 0 Å².